The van der Waals surface area contributed by atoms with E-state index in [1.54, 1.807) is 27.0 Å². The van der Waals surface area contributed by atoms with Crippen molar-refractivity contribution in [2.75, 3.05) is 0 Å². The molecule has 7 nitrogen and oxygen atoms in total. The molecule has 0 unspecified atom stereocenters. The summed E-state index contributed by atoms with van der Waals surface area (Å²) in [5.41, 5.74) is 0.724. The molecule has 24 heavy (non-hydrogen) atoms. The molecule has 0 aliphatic rings. The van der Waals surface area contributed by atoms with Crippen LogP contribution in [0.4, 0.5) is 4.79 Å². The minimum absolute atomic E-state index is 0.0165. The number of nitrogens with zero attached hydrogens (tertiary/aromatic N) is 1. The molecule has 0 radical (unpaired) electrons. The number of hydrogen-bond acceptors (Lipinski definition) is 4. The molecule has 1 heterocycles. The zero-order chi connectivity index (χ0) is 17.9. The molecule has 0 saturated heterocycles. The summed E-state index contributed by atoms with van der Waals surface area (Å²) in [5.74, 6) is -1.28. The van der Waals surface area contributed by atoms with Crippen molar-refractivity contribution in [1.29, 1.82) is 0 Å². The van der Waals surface area contributed by atoms with Crippen LogP contribution in [0.25, 0.3) is 10.9 Å². The molecule has 0 fully saturated rings. The molecule has 2 amide bonds. The van der Waals surface area contributed by atoms with Gasteiger partial charge in [0.25, 0.3) is 0 Å². The van der Waals surface area contributed by atoms with Crippen LogP contribution >= 0.6 is 0 Å². The lowest BCUT2D eigenvalue weighted by Crippen LogP contribution is -2.47. The Labute approximate surface area is 139 Å². The summed E-state index contributed by atoms with van der Waals surface area (Å²) in [6.45, 7) is 4.93. The van der Waals surface area contributed by atoms with E-state index in [1.807, 2.05) is 24.3 Å². The van der Waals surface area contributed by atoms with E-state index in [-0.39, 0.29) is 12.8 Å². The number of aromatic nitrogens is 1. The Balaban J connectivity index is 2.29. The molecular formula is C17H20N2O5. The first-order valence-electron chi connectivity index (χ1n) is 7.47. The Bertz CT molecular complexity index is 760. The number of carbonyl (C=O) groups excluding carboxylic acids is 2. The number of carbonyl (C=O) groups is 3. The fraction of sp³-hybridized carbons (Fsp3) is 0.353. The number of aliphatic carboxylic acids is 1. The third-order valence-corrected chi connectivity index (χ3v) is 3.43. The first kappa shape index (κ1) is 17.5. The van der Waals surface area contributed by atoms with Gasteiger partial charge in [-0.2, -0.15) is 0 Å². The Hall–Kier alpha value is -2.83. The predicted molar refractivity (Wildman–Crippen MR) is 87.6 cm³/mol. The second-order valence-corrected chi connectivity index (χ2v) is 6.41. The summed E-state index contributed by atoms with van der Waals surface area (Å²) < 4.78 is 5.11. The van der Waals surface area contributed by atoms with Crippen molar-refractivity contribution < 1.29 is 24.2 Å². The highest BCUT2D eigenvalue weighted by Crippen LogP contribution is 2.21. The number of benzene rings is 1. The number of rotatable bonds is 5. The van der Waals surface area contributed by atoms with Crippen LogP contribution < -0.4 is 0 Å². The smallest absolute Gasteiger partial charge is 0.417 e. The fourth-order valence-corrected chi connectivity index (χ4v) is 2.37. The van der Waals surface area contributed by atoms with Gasteiger partial charge >= 0.3 is 12.1 Å². The molecular weight excluding hydrogens is 312 g/mol. The number of carboxylic acids is 1. The van der Waals surface area contributed by atoms with Gasteiger partial charge in [-0.05, 0) is 32.4 Å². The van der Waals surface area contributed by atoms with Crippen molar-refractivity contribution in [3.63, 3.8) is 0 Å². The standard InChI is InChI=1S/C17H20N2O5/c1-17(2,3)24-16(23)19(10-20)14(15(21)22)8-11-9-18-13-7-5-4-6-12(11)13/h4-7,9-10,14,18H,8H2,1-3H3,(H,21,22)/t14-/m0/s1. The van der Waals surface area contributed by atoms with Crippen LogP contribution in [-0.4, -0.2) is 45.1 Å². The molecule has 1 aromatic carbocycles. The number of hydrogen-bond donors (Lipinski definition) is 2. The zero-order valence-electron chi connectivity index (χ0n) is 13.8. The molecule has 2 N–H and O–H groups in total. The highest BCUT2D eigenvalue weighted by molar-refractivity contribution is 5.89. The normalized spacial score (nSPS) is 12.6. The number of ether oxygens (including phenoxy) is 1. The SMILES string of the molecule is CC(C)(C)OC(=O)N(C=O)[C@@H](Cc1c[nH]c2ccccc12)C(=O)O. The largest absolute Gasteiger partial charge is 0.480 e. The average molecular weight is 332 g/mol. The number of nitrogens with one attached hydrogen (secondary N) is 1. The van der Waals surface area contributed by atoms with Crippen molar-refractivity contribution in [2.45, 2.75) is 38.8 Å². The summed E-state index contributed by atoms with van der Waals surface area (Å²) in [6.07, 6.45) is 0.877. The minimum atomic E-state index is -1.35. The van der Waals surface area contributed by atoms with Crippen LogP contribution in [-0.2, 0) is 20.7 Å². The van der Waals surface area contributed by atoms with Crippen molar-refractivity contribution in [1.82, 2.24) is 9.88 Å². The highest BCUT2D eigenvalue weighted by Gasteiger charge is 2.33. The van der Waals surface area contributed by atoms with E-state index in [2.05, 4.69) is 4.98 Å². The van der Waals surface area contributed by atoms with Crippen LogP contribution in [0.1, 0.15) is 26.3 Å². The third kappa shape index (κ3) is 3.92. The molecule has 128 valence electrons. The number of amides is 2. The number of H-pyrrole nitrogens is 1. The molecule has 0 aliphatic carbocycles. The molecule has 1 atom stereocenters. The average Bonchev–Trinajstić information content (AvgIpc) is 2.88. The minimum Gasteiger partial charge on any atom is -0.480 e. The lowest BCUT2D eigenvalue weighted by Gasteiger charge is -2.27. The maximum Gasteiger partial charge on any atom is 0.417 e. The maximum atomic E-state index is 12.1. The number of fused-ring (bicyclic) bond motifs is 1. The molecule has 0 spiro atoms. The second-order valence-electron chi connectivity index (χ2n) is 6.41. The Kier molecular flexibility index (Phi) is 4.92. The van der Waals surface area contributed by atoms with Crippen molar-refractivity contribution in [2.24, 2.45) is 0 Å². The van der Waals surface area contributed by atoms with Gasteiger partial charge < -0.3 is 14.8 Å². The van der Waals surface area contributed by atoms with E-state index in [0.717, 1.165) is 10.9 Å². The topological polar surface area (TPSA) is 99.7 Å². The van der Waals surface area contributed by atoms with Gasteiger partial charge in [-0.25, -0.2) is 14.5 Å². The molecule has 1 aromatic heterocycles. The molecule has 7 heteroatoms. The van der Waals surface area contributed by atoms with Crippen molar-refractivity contribution in [3.8, 4) is 0 Å². The summed E-state index contributed by atoms with van der Waals surface area (Å²) in [6, 6.07) is 6.05. The van der Waals surface area contributed by atoms with Gasteiger partial charge in [0.05, 0.1) is 0 Å². The molecule has 0 saturated carbocycles. The first-order valence-corrected chi connectivity index (χ1v) is 7.47. The Morgan fingerprint density at radius 3 is 2.58 bits per heavy atom. The van der Waals surface area contributed by atoms with Crippen molar-refractivity contribution in [3.05, 3.63) is 36.0 Å². The van der Waals surface area contributed by atoms with E-state index in [0.29, 0.717) is 10.5 Å². The second kappa shape index (κ2) is 6.74. The Morgan fingerprint density at radius 2 is 2.00 bits per heavy atom. The fourth-order valence-electron chi connectivity index (χ4n) is 2.37. The lowest BCUT2D eigenvalue weighted by atomic mass is 10.0. The first-order chi connectivity index (χ1) is 11.2. The number of imide groups is 1. The number of aromatic amines is 1. The van der Waals surface area contributed by atoms with Crippen molar-refractivity contribution >= 4 is 29.4 Å². The van der Waals surface area contributed by atoms with Gasteiger partial charge in [0, 0.05) is 23.5 Å². The van der Waals surface area contributed by atoms with Crippen LogP contribution in [0, 0.1) is 0 Å². The van der Waals surface area contributed by atoms with Crippen LogP contribution in [0.2, 0.25) is 0 Å². The van der Waals surface area contributed by atoms with Gasteiger partial charge in [-0.15, -0.1) is 0 Å². The van der Waals surface area contributed by atoms with Gasteiger partial charge in [0.2, 0.25) is 6.41 Å². The van der Waals surface area contributed by atoms with E-state index in [1.165, 1.54) is 0 Å². The third-order valence-electron chi connectivity index (χ3n) is 3.43. The molecule has 2 rings (SSSR count). The summed E-state index contributed by atoms with van der Waals surface area (Å²) in [4.78, 5) is 38.7. The lowest BCUT2D eigenvalue weighted by molar-refractivity contribution is -0.145. The van der Waals surface area contributed by atoms with Gasteiger partial charge in [-0.1, -0.05) is 18.2 Å². The number of carboxylic acid groups (broad SMARTS) is 1. The summed E-state index contributed by atoms with van der Waals surface area (Å²) >= 11 is 0. The highest BCUT2D eigenvalue weighted by atomic mass is 16.6. The zero-order valence-corrected chi connectivity index (χ0v) is 13.8. The quantitative estimate of drug-likeness (QED) is 0.820. The van der Waals surface area contributed by atoms with E-state index in [9.17, 15) is 19.5 Å². The monoisotopic (exact) mass is 332 g/mol. The van der Waals surface area contributed by atoms with Gasteiger partial charge in [0.1, 0.15) is 11.6 Å². The molecule has 0 bridgehead atoms. The van der Waals surface area contributed by atoms with E-state index >= 15 is 0 Å². The van der Waals surface area contributed by atoms with Gasteiger partial charge in [-0.3, -0.25) is 4.79 Å². The number of para-hydroxylation sites is 1. The van der Waals surface area contributed by atoms with Gasteiger partial charge in [0.15, 0.2) is 0 Å². The van der Waals surface area contributed by atoms with Crippen LogP contribution in [0.5, 0.6) is 0 Å². The molecule has 2 aromatic rings. The maximum absolute atomic E-state index is 12.1. The summed E-state index contributed by atoms with van der Waals surface area (Å²) in [7, 11) is 0. The van der Waals surface area contributed by atoms with E-state index in [4.69, 9.17) is 4.74 Å². The molecule has 0 aliphatic heterocycles. The van der Waals surface area contributed by atoms with Crippen LogP contribution in [0.3, 0.4) is 0 Å². The summed E-state index contributed by atoms with van der Waals surface area (Å²) in [5, 5.41) is 10.3. The van der Waals surface area contributed by atoms with E-state index < -0.39 is 23.7 Å². The predicted octanol–water partition coefficient (Wildman–Crippen LogP) is 2.56. The van der Waals surface area contributed by atoms with Crippen LogP contribution in [0.15, 0.2) is 30.5 Å². The Morgan fingerprint density at radius 1 is 1.33 bits per heavy atom.